The van der Waals surface area contributed by atoms with Gasteiger partial charge in [0.25, 0.3) is 0 Å². The summed E-state index contributed by atoms with van der Waals surface area (Å²) >= 11 is 0. The Balaban J connectivity index is 2.17. The summed E-state index contributed by atoms with van der Waals surface area (Å²) in [6, 6.07) is 14.9. The van der Waals surface area contributed by atoms with Gasteiger partial charge in [0.2, 0.25) is 0 Å². The molecule has 0 unspecified atom stereocenters. The minimum absolute atomic E-state index is 0.256. The van der Waals surface area contributed by atoms with Gasteiger partial charge >= 0.3 is 0 Å². The van der Waals surface area contributed by atoms with Gasteiger partial charge in [0, 0.05) is 0 Å². The van der Waals surface area contributed by atoms with Crippen molar-refractivity contribution in [3.63, 3.8) is 0 Å². The lowest BCUT2D eigenvalue weighted by Gasteiger charge is -2.08. The number of rotatable bonds is 4. The van der Waals surface area contributed by atoms with Crippen molar-refractivity contribution in [1.29, 1.82) is 0 Å². The quantitative estimate of drug-likeness (QED) is 0.784. The molecule has 0 fully saturated rings. The van der Waals surface area contributed by atoms with Crippen molar-refractivity contribution in [2.24, 2.45) is 0 Å². The molecular formula is C16H15FO. The molecule has 0 aromatic heterocycles. The van der Waals surface area contributed by atoms with E-state index in [9.17, 15) is 4.39 Å². The highest BCUT2D eigenvalue weighted by Crippen LogP contribution is 2.23. The number of halogens is 1. The Labute approximate surface area is 107 Å². The Kier molecular flexibility index (Phi) is 3.78. The fourth-order valence-electron chi connectivity index (χ4n) is 1.83. The molecule has 0 aliphatic carbocycles. The average Bonchev–Trinajstić information content (AvgIpc) is 2.39. The van der Waals surface area contributed by atoms with Gasteiger partial charge in [0.1, 0.15) is 0 Å². The number of hydrogen-bond donors (Lipinski definition) is 0. The lowest BCUT2D eigenvalue weighted by Crippen LogP contribution is -1.93. The molecule has 0 heterocycles. The van der Waals surface area contributed by atoms with E-state index in [2.05, 4.69) is 6.58 Å². The standard InChI is InChI=1S/C16H15FO/c1-12(10-13-6-4-3-5-7-13)14-8-9-16(18-2)15(17)11-14/h3-9,11H,1,10H2,2H3. The molecule has 1 nitrogen and oxygen atoms in total. The molecule has 18 heavy (non-hydrogen) atoms. The monoisotopic (exact) mass is 242 g/mol. The van der Waals surface area contributed by atoms with Gasteiger partial charge in [-0.05, 0) is 35.3 Å². The smallest absolute Gasteiger partial charge is 0.165 e. The first kappa shape index (κ1) is 12.4. The van der Waals surface area contributed by atoms with Crippen LogP contribution in [0.1, 0.15) is 11.1 Å². The number of methoxy groups -OCH3 is 1. The number of benzene rings is 2. The molecule has 0 atom stereocenters. The second-order valence-corrected chi connectivity index (χ2v) is 4.12. The van der Waals surface area contributed by atoms with Crippen molar-refractivity contribution in [3.8, 4) is 5.75 Å². The summed E-state index contributed by atoms with van der Waals surface area (Å²) in [5.74, 6) is -0.101. The zero-order valence-corrected chi connectivity index (χ0v) is 10.3. The molecule has 0 amide bonds. The van der Waals surface area contributed by atoms with Gasteiger partial charge in [-0.15, -0.1) is 0 Å². The zero-order chi connectivity index (χ0) is 13.0. The fraction of sp³-hybridized carbons (Fsp3) is 0.125. The summed E-state index contributed by atoms with van der Waals surface area (Å²) in [4.78, 5) is 0. The topological polar surface area (TPSA) is 9.23 Å². The summed E-state index contributed by atoms with van der Waals surface area (Å²) in [6.45, 7) is 4.01. The van der Waals surface area contributed by atoms with Crippen LogP contribution in [0.3, 0.4) is 0 Å². The Morgan fingerprint density at radius 3 is 2.50 bits per heavy atom. The van der Waals surface area contributed by atoms with Crippen LogP contribution in [0.4, 0.5) is 4.39 Å². The van der Waals surface area contributed by atoms with Crippen LogP contribution in [0, 0.1) is 5.82 Å². The highest BCUT2D eigenvalue weighted by atomic mass is 19.1. The van der Waals surface area contributed by atoms with Crippen molar-refractivity contribution in [3.05, 3.63) is 72.1 Å². The molecule has 0 N–H and O–H groups in total. The van der Waals surface area contributed by atoms with E-state index in [1.807, 2.05) is 36.4 Å². The summed E-state index contributed by atoms with van der Waals surface area (Å²) in [7, 11) is 1.46. The first-order chi connectivity index (χ1) is 8.70. The van der Waals surface area contributed by atoms with Crippen LogP contribution in [0.15, 0.2) is 55.1 Å². The van der Waals surface area contributed by atoms with Crippen LogP contribution < -0.4 is 4.74 Å². The van der Waals surface area contributed by atoms with E-state index >= 15 is 0 Å². The predicted molar refractivity (Wildman–Crippen MR) is 72.1 cm³/mol. The van der Waals surface area contributed by atoms with Crippen molar-refractivity contribution < 1.29 is 9.13 Å². The zero-order valence-electron chi connectivity index (χ0n) is 10.3. The Bertz CT molecular complexity index is 546. The van der Waals surface area contributed by atoms with E-state index < -0.39 is 0 Å². The van der Waals surface area contributed by atoms with E-state index in [1.165, 1.54) is 18.7 Å². The van der Waals surface area contributed by atoms with Crippen molar-refractivity contribution in [2.75, 3.05) is 7.11 Å². The lowest BCUT2D eigenvalue weighted by atomic mass is 9.99. The number of hydrogen-bond acceptors (Lipinski definition) is 1. The van der Waals surface area contributed by atoms with Crippen LogP contribution in [0.5, 0.6) is 5.75 Å². The largest absolute Gasteiger partial charge is 0.494 e. The molecule has 0 radical (unpaired) electrons. The summed E-state index contributed by atoms with van der Waals surface area (Å²) in [6.07, 6.45) is 0.715. The molecule has 0 bridgehead atoms. The highest BCUT2D eigenvalue weighted by Gasteiger charge is 2.06. The molecule has 2 heteroatoms. The molecule has 0 saturated heterocycles. The average molecular weight is 242 g/mol. The van der Waals surface area contributed by atoms with Gasteiger partial charge in [-0.25, -0.2) is 4.39 Å². The maximum atomic E-state index is 13.6. The minimum Gasteiger partial charge on any atom is -0.494 e. The van der Waals surface area contributed by atoms with Crippen LogP contribution in [0.2, 0.25) is 0 Å². The van der Waals surface area contributed by atoms with Gasteiger partial charge in [0.05, 0.1) is 7.11 Å². The van der Waals surface area contributed by atoms with Crippen LogP contribution in [-0.2, 0) is 6.42 Å². The third kappa shape index (κ3) is 2.77. The molecule has 0 saturated carbocycles. The van der Waals surface area contributed by atoms with Gasteiger partial charge in [0.15, 0.2) is 11.6 Å². The summed E-state index contributed by atoms with van der Waals surface area (Å²) in [5, 5.41) is 0. The summed E-state index contributed by atoms with van der Waals surface area (Å²) in [5.41, 5.74) is 2.86. The van der Waals surface area contributed by atoms with Crippen LogP contribution in [-0.4, -0.2) is 7.11 Å². The second-order valence-electron chi connectivity index (χ2n) is 4.12. The van der Waals surface area contributed by atoms with Crippen molar-refractivity contribution in [2.45, 2.75) is 6.42 Å². The molecular weight excluding hydrogens is 227 g/mol. The molecule has 2 aromatic carbocycles. The SMILES string of the molecule is C=C(Cc1ccccc1)c1ccc(OC)c(F)c1. The van der Waals surface area contributed by atoms with Gasteiger partial charge in [-0.1, -0.05) is 43.0 Å². The van der Waals surface area contributed by atoms with Gasteiger partial charge < -0.3 is 4.74 Å². The molecule has 2 rings (SSSR count). The molecule has 2 aromatic rings. The molecule has 92 valence electrons. The molecule has 0 aliphatic rings. The maximum Gasteiger partial charge on any atom is 0.165 e. The highest BCUT2D eigenvalue weighted by molar-refractivity contribution is 5.66. The van der Waals surface area contributed by atoms with Crippen molar-refractivity contribution >= 4 is 5.57 Å². The first-order valence-electron chi connectivity index (χ1n) is 5.76. The predicted octanol–water partition coefficient (Wildman–Crippen LogP) is 4.09. The Morgan fingerprint density at radius 2 is 1.89 bits per heavy atom. The Hall–Kier alpha value is -2.09. The number of allylic oxidation sites excluding steroid dienone is 1. The van der Waals surface area contributed by atoms with Gasteiger partial charge in [-0.2, -0.15) is 0 Å². The van der Waals surface area contributed by atoms with Crippen LogP contribution in [0.25, 0.3) is 5.57 Å². The van der Waals surface area contributed by atoms with Gasteiger partial charge in [-0.3, -0.25) is 0 Å². The Morgan fingerprint density at radius 1 is 1.17 bits per heavy atom. The van der Waals surface area contributed by atoms with Crippen molar-refractivity contribution in [1.82, 2.24) is 0 Å². The first-order valence-corrected chi connectivity index (χ1v) is 5.76. The molecule has 0 spiro atoms. The van der Waals surface area contributed by atoms with E-state index in [1.54, 1.807) is 6.07 Å². The summed E-state index contributed by atoms with van der Waals surface area (Å²) < 4.78 is 18.5. The minimum atomic E-state index is -0.357. The van der Waals surface area contributed by atoms with E-state index in [0.717, 1.165) is 11.1 Å². The van der Waals surface area contributed by atoms with E-state index in [-0.39, 0.29) is 11.6 Å². The van der Waals surface area contributed by atoms with E-state index in [0.29, 0.717) is 6.42 Å². The molecule has 0 aliphatic heterocycles. The third-order valence-corrected chi connectivity index (χ3v) is 2.82. The normalized spacial score (nSPS) is 10.1. The second kappa shape index (κ2) is 5.50. The maximum absolute atomic E-state index is 13.6. The van der Waals surface area contributed by atoms with E-state index in [4.69, 9.17) is 4.74 Å². The lowest BCUT2D eigenvalue weighted by molar-refractivity contribution is 0.386. The fourth-order valence-corrected chi connectivity index (χ4v) is 1.83. The van der Waals surface area contributed by atoms with Crippen LogP contribution >= 0.6 is 0 Å². The number of ether oxygens (including phenoxy) is 1. The third-order valence-electron chi connectivity index (χ3n) is 2.82.